The van der Waals surface area contributed by atoms with Crippen molar-refractivity contribution >= 4 is 33.2 Å². The summed E-state index contributed by atoms with van der Waals surface area (Å²) in [7, 11) is 1.32. The van der Waals surface area contributed by atoms with Crippen molar-refractivity contribution in [1.82, 2.24) is 15.2 Å². The zero-order chi connectivity index (χ0) is 12.4. The van der Waals surface area contributed by atoms with Crippen molar-refractivity contribution in [2.45, 2.75) is 6.92 Å². The molecule has 0 fully saturated rings. The largest absolute Gasteiger partial charge is 0.464 e. The van der Waals surface area contributed by atoms with E-state index in [0.717, 1.165) is 5.69 Å². The Morgan fingerprint density at radius 1 is 1.41 bits per heavy atom. The number of methoxy groups -OCH3 is 1. The molecule has 2 rings (SSSR count). The van der Waals surface area contributed by atoms with Crippen LogP contribution in [0.2, 0.25) is 0 Å². The van der Waals surface area contributed by atoms with Crippen molar-refractivity contribution < 1.29 is 9.53 Å². The van der Waals surface area contributed by atoms with Gasteiger partial charge in [0.2, 0.25) is 0 Å². The van der Waals surface area contributed by atoms with E-state index in [1.807, 2.05) is 13.0 Å². The molecule has 0 radical (unpaired) electrons. The Morgan fingerprint density at radius 3 is 2.76 bits per heavy atom. The highest BCUT2D eigenvalue weighted by atomic mass is 79.9. The fourth-order valence-corrected chi connectivity index (χ4v) is 2.63. The van der Waals surface area contributed by atoms with E-state index in [0.29, 0.717) is 14.5 Å². The molecule has 2 aromatic rings. The highest BCUT2D eigenvalue weighted by Crippen LogP contribution is 2.31. The van der Waals surface area contributed by atoms with Crippen LogP contribution in [0.5, 0.6) is 0 Å². The van der Waals surface area contributed by atoms with Crippen LogP contribution in [-0.4, -0.2) is 28.3 Å². The molecule has 0 aliphatic rings. The third kappa shape index (κ3) is 2.50. The van der Waals surface area contributed by atoms with Crippen molar-refractivity contribution in [2.24, 2.45) is 0 Å². The molecule has 0 aromatic carbocycles. The van der Waals surface area contributed by atoms with Crippen molar-refractivity contribution in [3.63, 3.8) is 0 Å². The van der Waals surface area contributed by atoms with Gasteiger partial charge in [-0.05, 0) is 35.0 Å². The van der Waals surface area contributed by atoms with Crippen LogP contribution >= 0.6 is 27.3 Å². The van der Waals surface area contributed by atoms with E-state index in [9.17, 15) is 4.79 Å². The Balaban J connectivity index is 2.51. The van der Waals surface area contributed by atoms with Gasteiger partial charge < -0.3 is 4.74 Å². The average Bonchev–Trinajstić information content (AvgIpc) is 2.71. The van der Waals surface area contributed by atoms with Crippen molar-refractivity contribution in [3.8, 4) is 10.6 Å². The summed E-state index contributed by atoms with van der Waals surface area (Å²) in [5.74, 6) is -0.482. The first kappa shape index (κ1) is 12.1. The SMILES string of the molecule is COC(=O)c1nc(Br)sc1-c1ccc(C)nn1. The highest BCUT2D eigenvalue weighted by Gasteiger charge is 2.20. The van der Waals surface area contributed by atoms with E-state index in [2.05, 4.69) is 35.8 Å². The maximum atomic E-state index is 11.5. The van der Waals surface area contributed by atoms with Crippen LogP contribution in [0.4, 0.5) is 0 Å². The van der Waals surface area contributed by atoms with Gasteiger partial charge in [0.05, 0.1) is 17.7 Å². The number of rotatable bonds is 2. The van der Waals surface area contributed by atoms with E-state index in [-0.39, 0.29) is 5.69 Å². The fourth-order valence-electron chi connectivity index (χ4n) is 1.22. The smallest absolute Gasteiger partial charge is 0.358 e. The summed E-state index contributed by atoms with van der Waals surface area (Å²) in [6, 6.07) is 3.63. The number of thiazole rings is 1. The first-order valence-electron chi connectivity index (χ1n) is 4.67. The molecule has 88 valence electrons. The molecule has 17 heavy (non-hydrogen) atoms. The lowest BCUT2D eigenvalue weighted by Gasteiger charge is -1.99. The molecule has 0 aliphatic heterocycles. The first-order chi connectivity index (χ1) is 8.11. The number of halogens is 1. The van der Waals surface area contributed by atoms with Gasteiger partial charge in [-0.25, -0.2) is 9.78 Å². The van der Waals surface area contributed by atoms with Crippen LogP contribution in [0, 0.1) is 6.92 Å². The van der Waals surface area contributed by atoms with Gasteiger partial charge in [-0.2, -0.15) is 5.10 Å². The molecule has 0 unspecified atom stereocenters. The molecule has 0 spiro atoms. The summed E-state index contributed by atoms with van der Waals surface area (Å²) in [4.78, 5) is 16.3. The summed E-state index contributed by atoms with van der Waals surface area (Å²) in [5, 5.41) is 7.98. The normalized spacial score (nSPS) is 10.3. The lowest BCUT2D eigenvalue weighted by molar-refractivity contribution is 0.0595. The van der Waals surface area contributed by atoms with Crippen LogP contribution in [0.1, 0.15) is 16.2 Å². The number of ether oxygens (including phenoxy) is 1. The minimum absolute atomic E-state index is 0.252. The predicted molar refractivity (Wildman–Crippen MR) is 66.9 cm³/mol. The van der Waals surface area contributed by atoms with Gasteiger partial charge in [0, 0.05) is 0 Å². The molecule has 0 N–H and O–H groups in total. The van der Waals surface area contributed by atoms with Gasteiger partial charge in [0.25, 0.3) is 0 Å². The second kappa shape index (κ2) is 4.89. The second-order valence-electron chi connectivity index (χ2n) is 3.20. The van der Waals surface area contributed by atoms with E-state index >= 15 is 0 Å². The van der Waals surface area contributed by atoms with Crippen LogP contribution in [0.3, 0.4) is 0 Å². The Hall–Kier alpha value is -1.34. The summed E-state index contributed by atoms with van der Waals surface area (Å²) in [5.41, 5.74) is 1.68. The summed E-state index contributed by atoms with van der Waals surface area (Å²) in [6.07, 6.45) is 0. The first-order valence-corrected chi connectivity index (χ1v) is 6.28. The molecule has 0 saturated heterocycles. The summed E-state index contributed by atoms with van der Waals surface area (Å²) >= 11 is 4.56. The number of carbonyl (C=O) groups excluding carboxylic acids is 1. The van der Waals surface area contributed by atoms with Crippen molar-refractivity contribution in [2.75, 3.05) is 7.11 Å². The molecular weight excluding hydrogens is 306 g/mol. The minimum Gasteiger partial charge on any atom is -0.464 e. The van der Waals surface area contributed by atoms with Gasteiger partial charge in [0.1, 0.15) is 5.69 Å². The number of hydrogen-bond acceptors (Lipinski definition) is 6. The van der Waals surface area contributed by atoms with E-state index in [1.54, 1.807) is 6.07 Å². The summed E-state index contributed by atoms with van der Waals surface area (Å²) in [6.45, 7) is 1.85. The number of nitrogens with zero attached hydrogens (tertiary/aromatic N) is 3. The highest BCUT2D eigenvalue weighted by molar-refractivity contribution is 9.11. The zero-order valence-electron chi connectivity index (χ0n) is 9.10. The van der Waals surface area contributed by atoms with Gasteiger partial charge in [-0.15, -0.1) is 16.4 Å². The van der Waals surface area contributed by atoms with Crippen molar-refractivity contribution in [1.29, 1.82) is 0 Å². The van der Waals surface area contributed by atoms with Crippen LogP contribution < -0.4 is 0 Å². The number of aryl methyl sites for hydroxylation is 1. The lowest BCUT2D eigenvalue weighted by Crippen LogP contribution is -2.03. The van der Waals surface area contributed by atoms with E-state index in [4.69, 9.17) is 0 Å². The van der Waals surface area contributed by atoms with E-state index < -0.39 is 5.97 Å². The molecule has 0 atom stereocenters. The number of carbonyl (C=O) groups is 1. The van der Waals surface area contributed by atoms with E-state index in [1.165, 1.54) is 18.4 Å². The fraction of sp³-hybridized carbons (Fsp3) is 0.200. The quantitative estimate of drug-likeness (QED) is 0.797. The predicted octanol–water partition coefficient (Wildman–Crippen LogP) is 2.46. The molecule has 0 aliphatic carbocycles. The van der Waals surface area contributed by atoms with Gasteiger partial charge >= 0.3 is 5.97 Å². The Kier molecular flexibility index (Phi) is 3.49. The maximum absolute atomic E-state index is 11.5. The lowest BCUT2D eigenvalue weighted by atomic mass is 10.2. The third-order valence-corrected chi connectivity index (χ3v) is 3.54. The molecular formula is C10H8BrN3O2S. The monoisotopic (exact) mass is 313 g/mol. The standard InChI is InChI=1S/C10H8BrN3O2S/c1-5-3-4-6(14-13-5)8-7(9(15)16-2)12-10(11)17-8/h3-4H,1-2H3. The molecule has 0 bridgehead atoms. The van der Waals surface area contributed by atoms with Crippen LogP contribution in [0.15, 0.2) is 16.0 Å². The number of aromatic nitrogens is 3. The van der Waals surface area contributed by atoms with Gasteiger partial charge in [-0.1, -0.05) is 0 Å². The second-order valence-corrected chi connectivity index (χ2v) is 5.47. The van der Waals surface area contributed by atoms with Crippen LogP contribution in [0.25, 0.3) is 10.6 Å². The molecule has 0 amide bonds. The Labute approximate surface area is 110 Å². The third-order valence-electron chi connectivity index (χ3n) is 2.01. The Morgan fingerprint density at radius 2 is 2.18 bits per heavy atom. The topological polar surface area (TPSA) is 65.0 Å². The summed E-state index contributed by atoms with van der Waals surface area (Å²) < 4.78 is 5.28. The van der Waals surface area contributed by atoms with Gasteiger partial charge in [-0.3, -0.25) is 0 Å². The molecule has 5 nitrogen and oxygen atoms in total. The molecule has 2 heterocycles. The average molecular weight is 314 g/mol. The molecule has 2 aromatic heterocycles. The zero-order valence-corrected chi connectivity index (χ0v) is 11.5. The molecule has 0 saturated carbocycles. The van der Waals surface area contributed by atoms with Crippen molar-refractivity contribution in [3.05, 3.63) is 27.4 Å². The minimum atomic E-state index is -0.482. The van der Waals surface area contributed by atoms with Crippen LogP contribution in [-0.2, 0) is 4.74 Å². The number of esters is 1. The van der Waals surface area contributed by atoms with Gasteiger partial charge in [0.15, 0.2) is 9.61 Å². The molecule has 7 heteroatoms. The number of hydrogen-bond donors (Lipinski definition) is 0. The maximum Gasteiger partial charge on any atom is 0.358 e. The Bertz CT molecular complexity index is 553.